The van der Waals surface area contributed by atoms with Crippen molar-refractivity contribution in [1.29, 1.82) is 0 Å². The zero-order valence-electron chi connectivity index (χ0n) is 11.5. The van der Waals surface area contributed by atoms with Crippen LogP contribution in [-0.4, -0.2) is 9.97 Å². The van der Waals surface area contributed by atoms with Gasteiger partial charge in [-0.3, -0.25) is 0 Å². The van der Waals surface area contributed by atoms with Crippen LogP contribution in [-0.2, 0) is 5.41 Å². The van der Waals surface area contributed by atoms with E-state index in [9.17, 15) is 0 Å². The fourth-order valence-electron chi connectivity index (χ4n) is 1.48. The van der Waals surface area contributed by atoms with Crippen molar-refractivity contribution < 1.29 is 4.74 Å². The first-order valence-corrected chi connectivity index (χ1v) is 7.55. The maximum absolute atomic E-state index is 6.08. The summed E-state index contributed by atoms with van der Waals surface area (Å²) < 4.78 is 5.65. The van der Waals surface area contributed by atoms with E-state index in [0.717, 1.165) is 0 Å². The molecule has 0 atom stereocenters. The fourth-order valence-corrected chi connectivity index (χ4v) is 2.23. The topological polar surface area (TPSA) is 35.0 Å². The molecule has 2 rings (SSSR count). The average molecular weight is 366 g/mol. The maximum atomic E-state index is 6.08. The first-order valence-electron chi connectivity index (χ1n) is 6.04. The molecule has 1 aromatic heterocycles. The van der Waals surface area contributed by atoms with Gasteiger partial charge in [0, 0.05) is 17.5 Å². The second kappa shape index (κ2) is 6.17. The van der Waals surface area contributed by atoms with Crippen LogP contribution in [0.1, 0.15) is 26.6 Å². The molecule has 7 heteroatoms. The maximum Gasteiger partial charge on any atom is 0.224 e. The third-order valence-corrected chi connectivity index (χ3v) is 3.74. The Morgan fingerprint density at radius 1 is 0.857 bits per heavy atom. The van der Waals surface area contributed by atoms with Crippen molar-refractivity contribution in [3.63, 3.8) is 0 Å². The van der Waals surface area contributed by atoms with E-state index in [1.54, 1.807) is 0 Å². The van der Waals surface area contributed by atoms with Crippen LogP contribution in [0.3, 0.4) is 0 Å². The summed E-state index contributed by atoms with van der Waals surface area (Å²) in [4.78, 5) is 8.54. The lowest BCUT2D eigenvalue weighted by molar-refractivity contribution is 0.446. The number of ether oxygens (including phenoxy) is 1. The van der Waals surface area contributed by atoms with E-state index in [1.807, 2.05) is 20.8 Å². The van der Waals surface area contributed by atoms with E-state index >= 15 is 0 Å². The summed E-state index contributed by atoms with van der Waals surface area (Å²) in [5, 5.41) is 1.31. The Balaban J connectivity index is 2.40. The molecule has 112 valence electrons. The van der Waals surface area contributed by atoms with Crippen molar-refractivity contribution in [2.24, 2.45) is 0 Å². The molecule has 0 saturated carbocycles. The second-order valence-electron chi connectivity index (χ2n) is 5.40. The monoisotopic (exact) mass is 364 g/mol. The highest BCUT2D eigenvalue weighted by atomic mass is 35.5. The first kappa shape index (κ1) is 16.6. The van der Waals surface area contributed by atoms with E-state index in [0.29, 0.717) is 37.7 Å². The van der Waals surface area contributed by atoms with E-state index < -0.39 is 0 Å². The minimum absolute atomic E-state index is 0.259. The van der Waals surface area contributed by atoms with Gasteiger partial charge in [0.05, 0.1) is 15.1 Å². The van der Waals surface area contributed by atoms with Gasteiger partial charge in [0.15, 0.2) is 0 Å². The highest BCUT2D eigenvalue weighted by Crippen LogP contribution is 2.36. The molecule has 0 bridgehead atoms. The number of hydrogen-bond acceptors (Lipinski definition) is 3. The van der Waals surface area contributed by atoms with Crippen LogP contribution >= 0.6 is 46.4 Å². The molecule has 0 radical (unpaired) electrons. The SMILES string of the molecule is CC(C)(C)c1nc(Cl)cc(Oc2cc(Cl)c(Cl)cc2Cl)n1. The second-order valence-corrected chi connectivity index (χ2v) is 7.01. The van der Waals surface area contributed by atoms with Gasteiger partial charge >= 0.3 is 0 Å². The first-order chi connectivity index (χ1) is 9.66. The molecule has 0 amide bonds. The van der Waals surface area contributed by atoms with Crippen LogP contribution in [0.5, 0.6) is 11.6 Å². The quantitative estimate of drug-likeness (QED) is 0.470. The number of hydrogen-bond donors (Lipinski definition) is 0. The third kappa shape index (κ3) is 4.13. The number of halogens is 4. The molecule has 1 heterocycles. The average Bonchev–Trinajstić information content (AvgIpc) is 2.34. The van der Waals surface area contributed by atoms with E-state index in [-0.39, 0.29) is 5.41 Å². The zero-order chi connectivity index (χ0) is 15.8. The lowest BCUT2D eigenvalue weighted by Gasteiger charge is -2.17. The molecular formula is C14H12Cl4N2O. The minimum atomic E-state index is -0.259. The largest absolute Gasteiger partial charge is 0.437 e. The Labute approximate surface area is 143 Å². The summed E-state index contributed by atoms with van der Waals surface area (Å²) in [5.41, 5.74) is -0.259. The number of aromatic nitrogens is 2. The molecular weight excluding hydrogens is 354 g/mol. The summed E-state index contributed by atoms with van der Waals surface area (Å²) in [6.07, 6.45) is 0. The van der Waals surface area contributed by atoms with Crippen LogP contribution in [0.2, 0.25) is 20.2 Å². The van der Waals surface area contributed by atoms with Gasteiger partial charge in [-0.05, 0) is 6.07 Å². The zero-order valence-corrected chi connectivity index (χ0v) is 14.6. The van der Waals surface area contributed by atoms with E-state index in [1.165, 1.54) is 18.2 Å². The highest BCUT2D eigenvalue weighted by molar-refractivity contribution is 6.43. The normalized spacial score (nSPS) is 11.6. The van der Waals surface area contributed by atoms with Crippen molar-refractivity contribution in [3.8, 4) is 11.6 Å². The van der Waals surface area contributed by atoms with Gasteiger partial charge < -0.3 is 4.74 Å². The van der Waals surface area contributed by atoms with Crippen molar-refractivity contribution in [2.45, 2.75) is 26.2 Å². The lowest BCUT2D eigenvalue weighted by Crippen LogP contribution is -2.16. The molecule has 0 aliphatic rings. The Kier molecular flexibility index (Phi) is 4.89. The molecule has 2 aromatic rings. The van der Waals surface area contributed by atoms with Crippen LogP contribution < -0.4 is 4.74 Å². The van der Waals surface area contributed by atoms with Gasteiger partial charge in [0.1, 0.15) is 16.7 Å². The van der Waals surface area contributed by atoms with Gasteiger partial charge in [-0.25, -0.2) is 4.98 Å². The van der Waals surface area contributed by atoms with Crippen LogP contribution in [0, 0.1) is 0 Å². The molecule has 0 aliphatic heterocycles. The smallest absolute Gasteiger partial charge is 0.224 e. The highest BCUT2D eigenvalue weighted by Gasteiger charge is 2.20. The van der Waals surface area contributed by atoms with E-state index in [4.69, 9.17) is 51.1 Å². The summed E-state index contributed by atoms with van der Waals surface area (Å²) in [5.74, 6) is 1.21. The van der Waals surface area contributed by atoms with Gasteiger partial charge in [-0.1, -0.05) is 67.2 Å². The Morgan fingerprint density at radius 3 is 2.10 bits per heavy atom. The van der Waals surface area contributed by atoms with Gasteiger partial charge in [0.2, 0.25) is 5.88 Å². The molecule has 21 heavy (non-hydrogen) atoms. The standard InChI is InChI=1S/C14H12Cl4N2O/c1-14(2,3)13-19-11(18)6-12(20-13)21-10-5-8(16)7(15)4-9(10)17/h4-6H,1-3H3. The van der Waals surface area contributed by atoms with Crippen molar-refractivity contribution in [3.05, 3.63) is 44.2 Å². The Hall–Kier alpha value is -0.740. The molecule has 0 spiro atoms. The molecule has 0 N–H and O–H groups in total. The van der Waals surface area contributed by atoms with Crippen LogP contribution in [0.4, 0.5) is 0 Å². The number of benzene rings is 1. The number of nitrogens with zero attached hydrogens (tertiary/aromatic N) is 2. The van der Waals surface area contributed by atoms with Crippen LogP contribution in [0.25, 0.3) is 0 Å². The third-order valence-electron chi connectivity index (χ3n) is 2.53. The van der Waals surface area contributed by atoms with Gasteiger partial charge in [-0.15, -0.1) is 0 Å². The molecule has 3 nitrogen and oxygen atoms in total. The van der Waals surface area contributed by atoms with Gasteiger partial charge in [0.25, 0.3) is 0 Å². The number of rotatable bonds is 2. The summed E-state index contributed by atoms with van der Waals surface area (Å²) in [7, 11) is 0. The van der Waals surface area contributed by atoms with Gasteiger partial charge in [-0.2, -0.15) is 4.98 Å². The summed E-state index contributed by atoms with van der Waals surface area (Å²) >= 11 is 23.9. The molecule has 0 fully saturated rings. The van der Waals surface area contributed by atoms with E-state index in [2.05, 4.69) is 9.97 Å². The molecule has 0 unspecified atom stereocenters. The predicted octanol–water partition coefficient (Wildman–Crippen LogP) is 6.18. The molecule has 0 aliphatic carbocycles. The van der Waals surface area contributed by atoms with Crippen molar-refractivity contribution in [2.75, 3.05) is 0 Å². The molecule has 1 aromatic carbocycles. The Morgan fingerprint density at radius 2 is 1.48 bits per heavy atom. The fraction of sp³-hybridized carbons (Fsp3) is 0.286. The summed E-state index contributed by atoms with van der Waals surface area (Å²) in [6, 6.07) is 4.54. The van der Waals surface area contributed by atoms with Crippen molar-refractivity contribution >= 4 is 46.4 Å². The summed E-state index contributed by atoms with van der Waals surface area (Å²) in [6.45, 7) is 5.94. The van der Waals surface area contributed by atoms with Crippen LogP contribution in [0.15, 0.2) is 18.2 Å². The molecule has 0 saturated heterocycles. The lowest BCUT2D eigenvalue weighted by atomic mass is 9.96. The Bertz CT molecular complexity index is 683. The minimum Gasteiger partial charge on any atom is -0.437 e. The predicted molar refractivity (Wildman–Crippen MR) is 87.3 cm³/mol. The van der Waals surface area contributed by atoms with Crippen molar-refractivity contribution in [1.82, 2.24) is 9.97 Å².